The zero-order chi connectivity index (χ0) is 17.1. The fourth-order valence-corrected chi connectivity index (χ4v) is 2.82. The number of hydrogen-bond donors (Lipinski definition) is 2. The summed E-state index contributed by atoms with van der Waals surface area (Å²) < 4.78 is 26.5. The number of nitrogens with zero attached hydrogens (tertiary/aromatic N) is 4. The van der Waals surface area contributed by atoms with Crippen LogP contribution in [0.5, 0.6) is 0 Å². The van der Waals surface area contributed by atoms with E-state index in [1.807, 2.05) is 16.9 Å². The van der Waals surface area contributed by atoms with Crippen molar-refractivity contribution in [1.29, 1.82) is 0 Å². The Kier molecular flexibility index (Phi) is 8.64. The van der Waals surface area contributed by atoms with Crippen molar-refractivity contribution >= 4 is 16.0 Å². The van der Waals surface area contributed by atoms with Crippen molar-refractivity contribution in [3.8, 4) is 0 Å². The van der Waals surface area contributed by atoms with Gasteiger partial charge >= 0.3 is 0 Å². The van der Waals surface area contributed by atoms with Gasteiger partial charge in [-0.1, -0.05) is 0 Å². The average molecular weight is 344 g/mol. The van der Waals surface area contributed by atoms with Crippen molar-refractivity contribution in [2.24, 2.45) is 4.99 Å². The van der Waals surface area contributed by atoms with Gasteiger partial charge in [0.25, 0.3) is 0 Å². The van der Waals surface area contributed by atoms with Gasteiger partial charge in [-0.25, -0.2) is 12.7 Å². The molecule has 0 unspecified atom stereocenters. The molecule has 132 valence electrons. The second-order valence-corrected chi connectivity index (χ2v) is 7.49. The Morgan fingerprint density at radius 2 is 2.00 bits per heavy atom. The van der Waals surface area contributed by atoms with Crippen LogP contribution in [0.2, 0.25) is 0 Å². The van der Waals surface area contributed by atoms with Gasteiger partial charge in [-0.3, -0.25) is 9.67 Å². The second kappa shape index (κ2) is 10.2. The highest BCUT2D eigenvalue weighted by atomic mass is 32.2. The first-order valence-electron chi connectivity index (χ1n) is 7.85. The van der Waals surface area contributed by atoms with Crippen LogP contribution in [0.15, 0.2) is 23.5 Å². The van der Waals surface area contributed by atoms with E-state index in [1.54, 1.807) is 27.2 Å². The van der Waals surface area contributed by atoms with Gasteiger partial charge in [-0.15, -0.1) is 0 Å². The molecule has 0 radical (unpaired) electrons. The Morgan fingerprint density at radius 1 is 1.30 bits per heavy atom. The Bertz CT molecular complexity index is 556. The standard InChI is InChI=1S/C14H28N6O2S/c1-4-23(21,22)19(3)11-5-8-16-14(15-2)17-9-6-12-20-13-7-10-18-20/h7,10,13H,4-6,8-9,11-12H2,1-3H3,(H2,15,16,17). The lowest BCUT2D eigenvalue weighted by atomic mass is 10.4. The van der Waals surface area contributed by atoms with Crippen LogP contribution in [0.25, 0.3) is 0 Å². The molecule has 1 heterocycles. The molecule has 0 aliphatic heterocycles. The molecule has 0 aromatic carbocycles. The lowest BCUT2D eigenvalue weighted by molar-refractivity contribution is 0.461. The third-order valence-electron chi connectivity index (χ3n) is 3.42. The van der Waals surface area contributed by atoms with E-state index in [2.05, 4.69) is 20.7 Å². The Morgan fingerprint density at radius 3 is 2.57 bits per heavy atom. The summed E-state index contributed by atoms with van der Waals surface area (Å²) >= 11 is 0. The molecule has 0 fully saturated rings. The molecule has 0 amide bonds. The summed E-state index contributed by atoms with van der Waals surface area (Å²) in [5.41, 5.74) is 0. The number of guanidine groups is 1. The number of hydrogen-bond acceptors (Lipinski definition) is 4. The largest absolute Gasteiger partial charge is 0.356 e. The molecule has 0 bridgehead atoms. The topological polar surface area (TPSA) is 91.6 Å². The van der Waals surface area contributed by atoms with Crippen LogP contribution in [-0.4, -0.2) is 67.9 Å². The maximum Gasteiger partial charge on any atom is 0.213 e. The first kappa shape index (κ1) is 19.4. The summed E-state index contributed by atoms with van der Waals surface area (Å²) in [6.07, 6.45) is 5.38. The number of aromatic nitrogens is 2. The average Bonchev–Trinajstić information content (AvgIpc) is 3.06. The third-order valence-corrected chi connectivity index (χ3v) is 5.28. The van der Waals surface area contributed by atoms with Crippen LogP contribution in [0, 0.1) is 0 Å². The van der Waals surface area contributed by atoms with Crippen molar-refractivity contribution in [2.45, 2.75) is 26.3 Å². The van der Waals surface area contributed by atoms with E-state index >= 15 is 0 Å². The van der Waals surface area contributed by atoms with Crippen molar-refractivity contribution in [3.05, 3.63) is 18.5 Å². The maximum absolute atomic E-state index is 11.6. The van der Waals surface area contributed by atoms with Crippen LogP contribution in [-0.2, 0) is 16.6 Å². The maximum atomic E-state index is 11.6. The second-order valence-electron chi connectivity index (χ2n) is 5.12. The molecule has 0 aliphatic carbocycles. The fourth-order valence-electron chi connectivity index (χ4n) is 1.97. The Hall–Kier alpha value is -1.61. The van der Waals surface area contributed by atoms with E-state index in [1.165, 1.54) is 4.31 Å². The molecular formula is C14H28N6O2S. The van der Waals surface area contributed by atoms with Gasteiger partial charge in [0.15, 0.2) is 5.96 Å². The minimum absolute atomic E-state index is 0.135. The number of rotatable bonds is 10. The third kappa shape index (κ3) is 7.47. The van der Waals surface area contributed by atoms with Crippen LogP contribution in [0.1, 0.15) is 19.8 Å². The van der Waals surface area contributed by atoms with Crippen molar-refractivity contribution in [1.82, 2.24) is 24.7 Å². The molecule has 23 heavy (non-hydrogen) atoms. The highest BCUT2D eigenvalue weighted by molar-refractivity contribution is 7.89. The first-order valence-corrected chi connectivity index (χ1v) is 9.46. The number of aliphatic imine (C=N–C) groups is 1. The molecule has 0 aliphatic rings. The molecule has 0 atom stereocenters. The van der Waals surface area contributed by atoms with Gasteiger partial charge in [0.2, 0.25) is 10.0 Å². The van der Waals surface area contributed by atoms with Gasteiger partial charge in [0.05, 0.1) is 5.75 Å². The summed E-state index contributed by atoms with van der Waals surface area (Å²) in [5.74, 6) is 0.864. The van der Waals surface area contributed by atoms with E-state index < -0.39 is 10.0 Å². The highest BCUT2D eigenvalue weighted by Crippen LogP contribution is 1.98. The smallest absolute Gasteiger partial charge is 0.213 e. The van der Waals surface area contributed by atoms with E-state index in [4.69, 9.17) is 0 Å². The lowest BCUT2D eigenvalue weighted by Gasteiger charge is -2.16. The molecule has 0 saturated carbocycles. The number of aryl methyl sites for hydroxylation is 1. The van der Waals surface area contributed by atoms with Gasteiger partial charge in [-0.05, 0) is 25.8 Å². The van der Waals surface area contributed by atoms with E-state index in [-0.39, 0.29) is 5.75 Å². The molecule has 1 rings (SSSR count). The predicted octanol–water partition coefficient (Wildman–Crippen LogP) is 0.110. The summed E-state index contributed by atoms with van der Waals surface area (Å²) in [6, 6.07) is 1.91. The van der Waals surface area contributed by atoms with Gasteiger partial charge in [0.1, 0.15) is 0 Å². The summed E-state index contributed by atoms with van der Waals surface area (Å²) in [6.45, 7) is 4.47. The van der Waals surface area contributed by atoms with Gasteiger partial charge in [0, 0.05) is 52.7 Å². The Labute approximate surface area is 139 Å². The minimum Gasteiger partial charge on any atom is -0.356 e. The number of nitrogens with one attached hydrogen (secondary N) is 2. The molecule has 2 N–H and O–H groups in total. The minimum atomic E-state index is -3.09. The van der Waals surface area contributed by atoms with Crippen LogP contribution < -0.4 is 10.6 Å². The predicted molar refractivity (Wildman–Crippen MR) is 92.9 cm³/mol. The Balaban J connectivity index is 2.14. The molecule has 0 spiro atoms. The van der Waals surface area contributed by atoms with Crippen LogP contribution in [0.4, 0.5) is 0 Å². The van der Waals surface area contributed by atoms with E-state index in [0.29, 0.717) is 13.1 Å². The van der Waals surface area contributed by atoms with Crippen molar-refractivity contribution in [2.75, 3.05) is 39.5 Å². The first-order chi connectivity index (χ1) is 11.0. The normalized spacial score (nSPS) is 12.6. The molecule has 1 aromatic heterocycles. The van der Waals surface area contributed by atoms with Crippen molar-refractivity contribution in [3.63, 3.8) is 0 Å². The molecule has 8 nitrogen and oxygen atoms in total. The van der Waals surface area contributed by atoms with Crippen LogP contribution >= 0.6 is 0 Å². The summed E-state index contributed by atoms with van der Waals surface area (Å²) in [7, 11) is 0.239. The SMILES string of the molecule is CCS(=O)(=O)N(C)CCCNC(=NC)NCCCn1cccn1. The van der Waals surface area contributed by atoms with Gasteiger partial charge in [-0.2, -0.15) is 5.10 Å². The molecular weight excluding hydrogens is 316 g/mol. The van der Waals surface area contributed by atoms with E-state index in [0.717, 1.165) is 31.9 Å². The molecule has 0 saturated heterocycles. The summed E-state index contributed by atoms with van der Waals surface area (Å²) in [5, 5.41) is 10.6. The molecule has 1 aromatic rings. The lowest BCUT2D eigenvalue weighted by Crippen LogP contribution is -2.39. The molecule has 9 heteroatoms. The number of sulfonamides is 1. The van der Waals surface area contributed by atoms with E-state index in [9.17, 15) is 8.42 Å². The zero-order valence-corrected chi connectivity index (χ0v) is 15.0. The van der Waals surface area contributed by atoms with Gasteiger partial charge < -0.3 is 10.6 Å². The van der Waals surface area contributed by atoms with Crippen molar-refractivity contribution < 1.29 is 8.42 Å². The monoisotopic (exact) mass is 344 g/mol. The highest BCUT2D eigenvalue weighted by Gasteiger charge is 2.13. The zero-order valence-electron chi connectivity index (χ0n) is 14.2. The quantitative estimate of drug-likeness (QED) is 0.357. The summed E-state index contributed by atoms with van der Waals surface area (Å²) in [4.78, 5) is 4.14. The van der Waals surface area contributed by atoms with Crippen LogP contribution in [0.3, 0.4) is 0 Å². The fraction of sp³-hybridized carbons (Fsp3) is 0.714.